The molecule has 0 saturated carbocycles. The molecule has 1 aromatic carbocycles. The van der Waals surface area contributed by atoms with E-state index in [0.717, 1.165) is 6.07 Å². The minimum atomic E-state index is -4.79. The Bertz CT molecular complexity index is 751. The molecule has 5 nitrogen and oxygen atoms in total. The lowest BCUT2D eigenvalue weighted by Gasteiger charge is -2.15. The van der Waals surface area contributed by atoms with Gasteiger partial charge in [-0.15, -0.1) is 0 Å². The van der Waals surface area contributed by atoms with Crippen LogP contribution in [0.1, 0.15) is 15.9 Å². The van der Waals surface area contributed by atoms with Gasteiger partial charge >= 0.3 is 6.18 Å². The molecule has 0 aliphatic carbocycles. The SMILES string of the molecule is CNC(=O)c1cccc(F)c1Nc1nc(Cl)ncc1C(F)(F)F. The van der Waals surface area contributed by atoms with Crippen molar-refractivity contribution >= 4 is 29.0 Å². The molecule has 122 valence electrons. The van der Waals surface area contributed by atoms with E-state index < -0.39 is 40.3 Å². The molecular formula is C13H9ClF4N4O. The number of nitrogens with one attached hydrogen (secondary N) is 2. The number of nitrogens with zero attached hydrogens (tertiary/aromatic N) is 2. The van der Waals surface area contributed by atoms with Gasteiger partial charge in [-0.1, -0.05) is 6.07 Å². The van der Waals surface area contributed by atoms with Crippen molar-refractivity contribution in [2.75, 3.05) is 12.4 Å². The predicted molar refractivity (Wildman–Crippen MR) is 75.1 cm³/mol. The number of aromatic nitrogens is 2. The Morgan fingerprint density at radius 1 is 1.30 bits per heavy atom. The van der Waals surface area contributed by atoms with Gasteiger partial charge in [-0.3, -0.25) is 4.79 Å². The van der Waals surface area contributed by atoms with Crippen molar-refractivity contribution in [1.82, 2.24) is 15.3 Å². The first-order chi connectivity index (χ1) is 10.7. The van der Waals surface area contributed by atoms with Crippen LogP contribution >= 0.6 is 11.6 Å². The van der Waals surface area contributed by atoms with Gasteiger partial charge < -0.3 is 10.6 Å². The van der Waals surface area contributed by atoms with Gasteiger partial charge in [0.25, 0.3) is 5.91 Å². The molecule has 23 heavy (non-hydrogen) atoms. The average Bonchev–Trinajstić information content (AvgIpc) is 2.47. The number of amides is 1. The smallest absolute Gasteiger partial charge is 0.355 e. The van der Waals surface area contributed by atoms with Crippen LogP contribution in [-0.4, -0.2) is 22.9 Å². The van der Waals surface area contributed by atoms with Crippen LogP contribution in [0.3, 0.4) is 0 Å². The summed E-state index contributed by atoms with van der Waals surface area (Å²) in [5, 5.41) is 3.98. The van der Waals surface area contributed by atoms with Crippen molar-refractivity contribution in [2.24, 2.45) is 0 Å². The number of hydrogen-bond donors (Lipinski definition) is 2. The molecule has 0 spiro atoms. The lowest BCUT2D eigenvalue weighted by atomic mass is 10.1. The van der Waals surface area contributed by atoms with Crippen LogP contribution < -0.4 is 10.6 Å². The molecule has 10 heteroatoms. The van der Waals surface area contributed by atoms with E-state index in [1.807, 2.05) is 0 Å². The Labute approximate surface area is 132 Å². The zero-order valence-electron chi connectivity index (χ0n) is 11.5. The van der Waals surface area contributed by atoms with Gasteiger partial charge in [0.15, 0.2) is 0 Å². The molecule has 0 unspecified atom stereocenters. The third-order valence-corrected chi connectivity index (χ3v) is 2.98. The maximum atomic E-state index is 14.0. The van der Waals surface area contributed by atoms with Crippen LogP contribution in [0.5, 0.6) is 0 Å². The summed E-state index contributed by atoms with van der Waals surface area (Å²) in [6.07, 6.45) is -4.32. The molecule has 1 amide bonds. The summed E-state index contributed by atoms with van der Waals surface area (Å²) in [5.41, 5.74) is -1.88. The van der Waals surface area contributed by atoms with E-state index in [0.29, 0.717) is 6.20 Å². The molecular weight excluding hydrogens is 340 g/mol. The van der Waals surface area contributed by atoms with Gasteiger partial charge in [-0.25, -0.2) is 9.37 Å². The van der Waals surface area contributed by atoms with Crippen molar-refractivity contribution in [3.63, 3.8) is 0 Å². The molecule has 0 saturated heterocycles. The molecule has 0 radical (unpaired) electrons. The van der Waals surface area contributed by atoms with Crippen molar-refractivity contribution in [2.45, 2.75) is 6.18 Å². The average molecular weight is 349 g/mol. The summed E-state index contributed by atoms with van der Waals surface area (Å²) in [6.45, 7) is 0. The minimum absolute atomic E-state index is 0.185. The van der Waals surface area contributed by atoms with Crippen LogP contribution in [0.2, 0.25) is 5.28 Å². The van der Waals surface area contributed by atoms with Crippen LogP contribution in [-0.2, 0) is 6.18 Å². The zero-order valence-corrected chi connectivity index (χ0v) is 12.3. The number of alkyl halides is 3. The Morgan fingerprint density at radius 3 is 2.61 bits per heavy atom. The Balaban J connectivity index is 2.56. The maximum Gasteiger partial charge on any atom is 0.421 e. The van der Waals surface area contributed by atoms with Gasteiger partial charge in [0.05, 0.1) is 11.3 Å². The van der Waals surface area contributed by atoms with Crippen LogP contribution in [0.4, 0.5) is 29.1 Å². The number of rotatable bonds is 3. The summed E-state index contributed by atoms with van der Waals surface area (Å²) < 4.78 is 52.9. The van der Waals surface area contributed by atoms with Crippen molar-refractivity contribution in [3.8, 4) is 0 Å². The highest BCUT2D eigenvalue weighted by Gasteiger charge is 2.35. The van der Waals surface area contributed by atoms with E-state index in [4.69, 9.17) is 11.6 Å². The van der Waals surface area contributed by atoms with Crippen LogP contribution in [0.25, 0.3) is 0 Å². The van der Waals surface area contributed by atoms with Crippen molar-refractivity contribution in [3.05, 3.63) is 46.6 Å². The third-order valence-electron chi connectivity index (χ3n) is 2.79. The second-order valence-electron chi connectivity index (χ2n) is 4.27. The molecule has 0 atom stereocenters. The fourth-order valence-corrected chi connectivity index (χ4v) is 1.89. The molecule has 0 aliphatic rings. The summed E-state index contributed by atoms with van der Waals surface area (Å²) >= 11 is 5.50. The zero-order chi connectivity index (χ0) is 17.2. The Hall–Kier alpha value is -2.42. The van der Waals surface area contributed by atoms with Gasteiger partial charge in [0, 0.05) is 13.2 Å². The number of carbonyl (C=O) groups is 1. The lowest BCUT2D eigenvalue weighted by molar-refractivity contribution is -0.137. The van der Waals surface area contributed by atoms with Crippen molar-refractivity contribution in [1.29, 1.82) is 0 Å². The maximum absolute atomic E-state index is 14.0. The first-order valence-electron chi connectivity index (χ1n) is 6.11. The number of benzene rings is 1. The van der Waals surface area contributed by atoms with Gasteiger partial charge in [0.1, 0.15) is 17.2 Å². The van der Waals surface area contributed by atoms with E-state index in [1.165, 1.54) is 19.2 Å². The fourth-order valence-electron chi connectivity index (χ4n) is 1.76. The number of hydrogen-bond acceptors (Lipinski definition) is 4. The van der Waals surface area contributed by atoms with Gasteiger partial charge in [0.2, 0.25) is 5.28 Å². The summed E-state index contributed by atoms with van der Waals surface area (Å²) in [4.78, 5) is 18.4. The van der Waals surface area contributed by atoms with E-state index in [9.17, 15) is 22.4 Å². The highest BCUT2D eigenvalue weighted by Crippen LogP contribution is 2.36. The highest BCUT2D eigenvalue weighted by molar-refractivity contribution is 6.28. The summed E-state index contributed by atoms with van der Waals surface area (Å²) in [7, 11) is 1.31. The summed E-state index contributed by atoms with van der Waals surface area (Å²) in [5.74, 6) is -2.36. The number of anilines is 2. The van der Waals surface area contributed by atoms with Gasteiger partial charge in [-0.2, -0.15) is 18.2 Å². The normalized spacial score (nSPS) is 11.2. The molecule has 0 fully saturated rings. The summed E-state index contributed by atoms with van der Waals surface area (Å²) in [6, 6.07) is 3.49. The second kappa shape index (κ2) is 6.37. The van der Waals surface area contributed by atoms with E-state index in [1.54, 1.807) is 0 Å². The second-order valence-corrected chi connectivity index (χ2v) is 4.60. The molecule has 0 bridgehead atoms. The van der Waals surface area contributed by atoms with Gasteiger partial charge in [-0.05, 0) is 23.7 Å². The first kappa shape index (κ1) is 16.9. The van der Waals surface area contributed by atoms with Crippen LogP contribution in [0.15, 0.2) is 24.4 Å². The lowest BCUT2D eigenvalue weighted by Crippen LogP contribution is -2.20. The van der Waals surface area contributed by atoms with E-state index >= 15 is 0 Å². The standard InChI is InChI=1S/C13H9ClF4N4O/c1-19-11(23)6-3-2-4-8(15)9(6)21-10-7(13(16,17)18)5-20-12(14)22-10/h2-5H,1H3,(H,19,23)(H,20,21,22). The molecule has 2 rings (SSSR count). The topological polar surface area (TPSA) is 66.9 Å². The van der Waals surface area contributed by atoms with Crippen molar-refractivity contribution < 1.29 is 22.4 Å². The molecule has 1 aromatic heterocycles. The van der Waals surface area contributed by atoms with E-state index in [2.05, 4.69) is 20.6 Å². The number of carbonyl (C=O) groups excluding carboxylic acids is 1. The molecule has 2 aromatic rings. The number of para-hydroxylation sites is 1. The molecule has 0 aliphatic heterocycles. The van der Waals surface area contributed by atoms with Crippen LogP contribution in [0, 0.1) is 5.82 Å². The highest BCUT2D eigenvalue weighted by atomic mass is 35.5. The molecule has 1 heterocycles. The van der Waals surface area contributed by atoms with E-state index in [-0.39, 0.29) is 5.56 Å². The minimum Gasteiger partial charge on any atom is -0.355 e. The quantitative estimate of drug-likeness (QED) is 0.659. The Kier molecular flexibility index (Phi) is 4.69. The fraction of sp³-hybridized carbons (Fsp3) is 0.154. The monoisotopic (exact) mass is 348 g/mol. The first-order valence-corrected chi connectivity index (χ1v) is 6.49. The largest absolute Gasteiger partial charge is 0.421 e. The Morgan fingerprint density at radius 2 is 2.00 bits per heavy atom. The number of halogens is 5. The third kappa shape index (κ3) is 3.67. The molecule has 2 N–H and O–H groups in total. The predicted octanol–water partition coefficient (Wildman–Crippen LogP) is 3.39.